The second-order valence-corrected chi connectivity index (χ2v) is 4.33. The first-order chi connectivity index (χ1) is 8.35. The molecule has 1 aromatic heterocycles. The molecule has 0 atom stereocenters. The van der Waals surface area contributed by atoms with Crippen molar-refractivity contribution in [2.45, 2.75) is 19.6 Å². The Kier molecular flexibility index (Phi) is 3.49. The number of rotatable bonds is 3. The number of hydrogen-bond acceptors (Lipinski definition) is 3. The molecule has 3 nitrogen and oxygen atoms in total. The van der Waals surface area contributed by atoms with Gasteiger partial charge >= 0.3 is 6.18 Å². The molecule has 0 unspecified atom stereocenters. The van der Waals surface area contributed by atoms with E-state index in [1.807, 2.05) is 0 Å². The summed E-state index contributed by atoms with van der Waals surface area (Å²) in [5.41, 5.74) is 1.89. The van der Waals surface area contributed by atoms with E-state index in [2.05, 4.69) is 10.3 Å². The number of aryl methyl sites for hydroxylation is 1. The monoisotopic (exact) mass is 278 g/mol. The van der Waals surface area contributed by atoms with Crippen LogP contribution in [0.4, 0.5) is 13.2 Å². The van der Waals surface area contributed by atoms with E-state index in [-0.39, 0.29) is 12.4 Å². The van der Waals surface area contributed by atoms with Crippen LogP contribution in [0.25, 0.3) is 11.1 Å². The van der Waals surface area contributed by atoms with Gasteiger partial charge in [-0.15, -0.1) is 0 Å². The van der Waals surface area contributed by atoms with Crippen LogP contribution in [0, 0.1) is 6.92 Å². The quantitative estimate of drug-likeness (QED) is 0.934. The predicted molar refractivity (Wildman–Crippen MR) is 61.5 cm³/mol. The molecule has 0 aliphatic rings. The molecule has 1 aromatic carbocycles. The highest BCUT2D eigenvalue weighted by Crippen LogP contribution is 2.24. The number of benzene rings is 1. The number of hydrogen-bond donors (Lipinski definition) is 1. The summed E-state index contributed by atoms with van der Waals surface area (Å²) >= 11 is 5.85. The van der Waals surface area contributed by atoms with Crippen molar-refractivity contribution in [1.82, 2.24) is 10.3 Å². The average Bonchev–Trinajstić information content (AvgIpc) is 2.58. The Labute approximate surface area is 106 Å². The highest BCUT2D eigenvalue weighted by atomic mass is 35.5. The molecule has 2 rings (SSSR count). The Hall–Kier alpha value is -1.27. The average molecular weight is 279 g/mol. The molecule has 0 bridgehead atoms. The summed E-state index contributed by atoms with van der Waals surface area (Å²) in [5, 5.41) is 2.74. The van der Waals surface area contributed by atoms with Crippen molar-refractivity contribution in [2.24, 2.45) is 0 Å². The number of nitrogens with one attached hydrogen (secondary N) is 1. The van der Waals surface area contributed by atoms with Gasteiger partial charge in [-0.2, -0.15) is 13.2 Å². The van der Waals surface area contributed by atoms with E-state index in [0.717, 1.165) is 5.56 Å². The highest BCUT2D eigenvalue weighted by molar-refractivity contribution is 6.31. The van der Waals surface area contributed by atoms with Crippen molar-refractivity contribution < 1.29 is 17.6 Å². The molecule has 0 aliphatic carbocycles. The Bertz CT molecular complexity index is 565. The third-order valence-corrected chi connectivity index (χ3v) is 2.50. The molecule has 1 heterocycles. The molecule has 0 aliphatic heterocycles. The van der Waals surface area contributed by atoms with Gasteiger partial charge in [0.2, 0.25) is 5.89 Å². The van der Waals surface area contributed by atoms with Gasteiger partial charge in [0.25, 0.3) is 0 Å². The summed E-state index contributed by atoms with van der Waals surface area (Å²) in [7, 11) is 0. The second kappa shape index (κ2) is 4.78. The second-order valence-electron chi connectivity index (χ2n) is 3.90. The van der Waals surface area contributed by atoms with Crippen LogP contribution in [0.2, 0.25) is 5.02 Å². The number of aromatic nitrogens is 1. The number of nitrogens with zero attached hydrogens (tertiary/aromatic N) is 1. The van der Waals surface area contributed by atoms with E-state index in [1.165, 1.54) is 0 Å². The van der Waals surface area contributed by atoms with Gasteiger partial charge in [-0.05, 0) is 24.6 Å². The summed E-state index contributed by atoms with van der Waals surface area (Å²) < 4.78 is 41.2. The van der Waals surface area contributed by atoms with Crippen LogP contribution in [-0.4, -0.2) is 17.7 Å². The Morgan fingerprint density at radius 1 is 1.39 bits per heavy atom. The van der Waals surface area contributed by atoms with Crippen molar-refractivity contribution in [1.29, 1.82) is 0 Å². The molecular weight excluding hydrogens is 269 g/mol. The standard InChI is InChI=1S/C11H10ClF3N2O/c1-6-2-7(12)3-8-10(6)18-9(17-8)4-16-5-11(13,14)15/h2-3,16H,4-5H2,1H3. The number of alkyl halides is 3. The van der Waals surface area contributed by atoms with Crippen LogP contribution >= 0.6 is 11.6 Å². The lowest BCUT2D eigenvalue weighted by Gasteiger charge is -2.05. The fourth-order valence-corrected chi connectivity index (χ4v) is 1.86. The molecule has 7 heteroatoms. The summed E-state index contributed by atoms with van der Waals surface area (Å²) in [4.78, 5) is 4.07. The molecule has 0 fully saturated rings. The summed E-state index contributed by atoms with van der Waals surface area (Å²) in [6.45, 7) is 0.642. The number of fused-ring (bicyclic) bond motifs is 1. The molecule has 0 spiro atoms. The van der Waals surface area contributed by atoms with Crippen molar-refractivity contribution in [3.63, 3.8) is 0 Å². The Balaban J connectivity index is 2.13. The van der Waals surface area contributed by atoms with Crippen molar-refractivity contribution in [3.8, 4) is 0 Å². The number of oxazole rings is 1. The van der Waals surface area contributed by atoms with E-state index in [4.69, 9.17) is 16.0 Å². The Morgan fingerprint density at radius 2 is 2.11 bits per heavy atom. The molecule has 18 heavy (non-hydrogen) atoms. The zero-order chi connectivity index (χ0) is 13.3. The summed E-state index contributed by atoms with van der Waals surface area (Å²) in [5.74, 6) is 0.208. The molecule has 0 radical (unpaired) electrons. The van der Waals surface area contributed by atoms with Gasteiger partial charge < -0.3 is 9.73 Å². The molecule has 2 aromatic rings. The third-order valence-electron chi connectivity index (χ3n) is 2.29. The van der Waals surface area contributed by atoms with Crippen LogP contribution in [0.5, 0.6) is 0 Å². The lowest BCUT2D eigenvalue weighted by Crippen LogP contribution is -2.28. The summed E-state index contributed by atoms with van der Waals surface area (Å²) in [6, 6.07) is 3.32. The lowest BCUT2D eigenvalue weighted by atomic mass is 10.2. The first-order valence-electron chi connectivity index (χ1n) is 5.18. The van der Waals surface area contributed by atoms with Gasteiger partial charge in [0, 0.05) is 5.02 Å². The zero-order valence-electron chi connectivity index (χ0n) is 9.44. The van der Waals surface area contributed by atoms with Gasteiger partial charge in [0.15, 0.2) is 5.58 Å². The first-order valence-corrected chi connectivity index (χ1v) is 5.56. The summed E-state index contributed by atoms with van der Waals surface area (Å²) in [6.07, 6.45) is -4.24. The Morgan fingerprint density at radius 3 is 2.78 bits per heavy atom. The molecular formula is C11H10ClF3N2O. The predicted octanol–water partition coefficient (Wildman–Crippen LogP) is 3.44. The van der Waals surface area contributed by atoms with E-state index < -0.39 is 12.7 Å². The smallest absolute Gasteiger partial charge is 0.401 e. The largest absolute Gasteiger partial charge is 0.439 e. The first kappa shape index (κ1) is 13.2. The number of halogens is 4. The van der Waals surface area contributed by atoms with Crippen molar-refractivity contribution in [3.05, 3.63) is 28.6 Å². The maximum atomic E-state index is 11.9. The van der Waals surface area contributed by atoms with E-state index in [9.17, 15) is 13.2 Å². The lowest BCUT2D eigenvalue weighted by molar-refractivity contribution is -0.125. The fourth-order valence-electron chi connectivity index (χ4n) is 1.59. The molecule has 0 saturated carbocycles. The van der Waals surface area contributed by atoms with Gasteiger partial charge in [-0.1, -0.05) is 11.6 Å². The minimum atomic E-state index is -4.24. The molecule has 1 N–H and O–H groups in total. The third kappa shape index (κ3) is 3.14. The van der Waals surface area contributed by atoms with E-state index in [1.54, 1.807) is 19.1 Å². The minimum absolute atomic E-state index is 0.0781. The van der Waals surface area contributed by atoms with E-state index >= 15 is 0 Å². The maximum Gasteiger partial charge on any atom is 0.401 e. The SMILES string of the molecule is Cc1cc(Cl)cc2nc(CNCC(F)(F)F)oc12. The van der Waals surface area contributed by atoms with Crippen molar-refractivity contribution >= 4 is 22.7 Å². The fraction of sp³-hybridized carbons (Fsp3) is 0.364. The van der Waals surface area contributed by atoms with Crippen LogP contribution in [0.3, 0.4) is 0 Å². The van der Waals surface area contributed by atoms with Gasteiger partial charge in [-0.25, -0.2) is 4.98 Å². The van der Waals surface area contributed by atoms with Crippen LogP contribution < -0.4 is 5.32 Å². The topological polar surface area (TPSA) is 38.1 Å². The van der Waals surface area contributed by atoms with Gasteiger partial charge in [0.1, 0.15) is 5.52 Å². The highest BCUT2D eigenvalue weighted by Gasteiger charge is 2.26. The van der Waals surface area contributed by atoms with Crippen molar-refractivity contribution in [2.75, 3.05) is 6.54 Å². The van der Waals surface area contributed by atoms with Crippen LogP contribution in [-0.2, 0) is 6.54 Å². The van der Waals surface area contributed by atoms with Gasteiger partial charge in [0.05, 0.1) is 13.1 Å². The molecule has 0 saturated heterocycles. The maximum absolute atomic E-state index is 11.9. The zero-order valence-corrected chi connectivity index (χ0v) is 10.2. The van der Waals surface area contributed by atoms with E-state index in [0.29, 0.717) is 16.1 Å². The van der Waals surface area contributed by atoms with Crippen LogP contribution in [0.1, 0.15) is 11.5 Å². The minimum Gasteiger partial charge on any atom is -0.439 e. The van der Waals surface area contributed by atoms with Gasteiger partial charge in [-0.3, -0.25) is 0 Å². The normalized spacial score (nSPS) is 12.3. The molecule has 0 amide bonds. The molecule has 98 valence electrons. The van der Waals surface area contributed by atoms with Crippen LogP contribution in [0.15, 0.2) is 16.5 Å².